The average Bonchev–Trinajstić information content (AvgIpc) is 3.17. The smallest absolute Gasteiger partial charge is 0.254 e. The van der Waals surface area contributed by atoms with Crippen LogP contribution in [0.15, 0.2) is 42.6 Å². The van der Waals surface area contributed by atoms with Gasteiger partial charge in [0.05, 0.1) is 11.5 Å². The molecule has 1 aromatic heterocycles. The quantitative estimate of drug-likeness (QED) is 0.717. The number of aryl methyl sites for hydroxylation is 1. The molecule has 3 aliphatic heterocycles. The number of likely N-dealkylation sites (tertiary alicyclic amines) is 1. The summed E-state index contributed by atoms with van der Waals surface area (Å²) in [6, 6.07) is 12.0. The van der Waals surface area contributed by atoms with Crippen LogP contribution in [0.1, 0.15) is 41.4 Å². The van der Waals surface area contributed by atoms with Gasteiger partial charge in [0.1, 0.15) is 0 Å². The molecule has 2 fully saturated rings. The summed E-state index contributed by atoms with van der Waals surface area (Å²) in [4.78, 5) is 36.5. The van der Waals surface area contributed by atoms with E-state index in [0.29, 0.717) is 18.7 Å². The number of nitrogens with zero attached hydrogens (tertiary/aromatic N) is 5. The Morgan fingerprint density at radius 2 is 1.73 bits per heavy atom. The van der Waals surface area contributed by atoms with Crippen molar-refractivity contribution in [2.45, 2.75) is 37.9 Å². The summed E-state index contributed by atoms with van der Waals surface area (Å²) < 4.78 is 2.14. The molecule has 176 valence electrons. The van der Waals surface area contributed by atoms with Crippen molar-refractivity contribution in [1.29, 1.82) is 0 Å². The van der Waals surface area contributed by atoms with Gasteiger partial charge in [-0.3, -0.25) is 14.5 Å². The van der Waals surface area contributed by atoms with Crippen LogP contribution in [-0.4, -0.2) is 93.9 Å². The lowest BCUT2D eigenvalue weighted by molar-refractivity contribution is -0.146. The van der Waals surface area contributed by atoms with Crippen LogP contribution in [0, 0.1) is 0 Å². The Hall–Kier alpha value is -2.64. The molecule has 33 heavy (non-hydrogen) atoms. The van der Waals surface area contributed by atoms with E-state index in [1.165, 1.54) is 5.69 Å². The van der Waals surface area contributed by atoms with Crippen LogP contribution in [0.5, 0.6) is 0 Å². The molecule has 2 saturated heterocycles. The molecule has 3 aliphatic rings. The number of likely N-dealkylation sites (N-methyl/N-ethyl adjacent to an activating group) is 1. The molecule has 7 nitrogen and oxygen atoms in total. The maximum absolute atomic E-state index is 14.1. The fourth-order valence-corrected chi connectivity index (χ4v) is 6.09. The molecule has 2 amide bonds. The van der Waals surface area contributed by atoms with Crippen LogP contribution in [0.2, 0.25) is 0 Å². The summed E-state index contributed by atoms with van der Waals surface area (Å²) in [7, 11) is 4.16. The third-order valence-corrected chi connectivity index (χ3v) is 7.75. The minimum atomic E-state index is -0.509. The number of fused-ring (bicyclic) bond motifs is 1. The third-order valence-electron chi connectivity index (χ3n) is 7.75. The van der Waals surface area contributed by atoms with Crippen LogP contribution in [0.4, 0.5) is 0 Å². The summed E-state index contributed by atoms with van der Waals surface area (Å²) in [6.07, 6.45) is 2.06. The lowest BCUT2D eigenvalue weighted by atomic mass is 9.67. The second-order valence-electron chi connectivity index (χ2n) is 10.3. The highest BCUT2D eigenvalue weighted by Crippen LogP contribution is 2.48. The zero-order chi connectivity index (χ0) is 23.3. The summed E-state index contributed by atoms with van der Waals surface area (Å²) in [5, 5.41) is 0. The number of rotatable bonds is 4. The van der Waals surface area contributed by atoms with E-state index < -0.39 is 5.54 Å². The van der Waals surface area contributed by atoms with Gasteiger partial charge in [-0.25, -0.2) is 0 Å². The van der Waals surface area contributed by atoms with Gasteiger partial charge < -0.3 is 19.3 Å². The SMILES string of the molecule is CC(C)N1C(=O)c2ccccc2C(C(=O)N2CCN(C)CC2)C12CN(Cc1cccn1C)C2. The standard InChI is InChI=1S/C26H35N5O2/c1-19(2)31-24(32)22-10-6-5-9-21(22)23(25(33)30-14-12-27(3)13-15-30)26(31)17-29(18-26)16-20-8-7-11-28(20)4/h5-11,19,23H,12-18H2,1-4H3. The first kappa shape index (κ1) is 22.2. The van der Waals surface area contributed by atoms with Gasteiger partial charge in [0.2, 0.25) is 5.91 Å². The van der Waals surface area contributed by atoms with Crippen LogP contribution in [0.3, 0.4) is 0 Å². The second kappa shape index (κ2) is 8.29. The maximum Gasteiger partial charge on any atom is 0.254 e. The van der Waals surface area contributed by atoms with Gasteiger partial charge in [-0.1, -0.05) is 18.2 Å². The fourth-order valence-electron chi connectivity index (χ4n) is 6.09. The van der Waals surface area contributed by atoms with E-state index in [1.807, 2.05) is 34.1 Å². The number of hydrogen-bond donors (Lipinski definition) is 0. The Morgan fingerprint density at radius 3 is 2.36 bits per heavy atom. The van der Waals surface area contributed by atoms with Crippen LogP contribution >= 0.6 is 0 Å². The molecule has 0 aliphatic carbocycles. The highest BCUT2D eigenvalue weighted by molar-refractivity contribution is 6.02. The van der Waals surface area contributed by atoms with E-state index in [9.17, 15) is 9.59 Å². The van der Waals surface area contributed by atoms with Gasteiger partial charge >= 0.3 is 0 Å². The molecule has 7 heteroatoms. The predicted molar refractivity (Wildman–Crippen MR) is 128 cm³/mol. The summed E-state index contributed by atoms with van der Waals surface area (Å²) in [6.45, 7) is 9.65. The van der Waals surface area contributed by atoms with E-state index in [1.54, 1.807) is 0 Å². The number of carbonyl (C=O) groups is 2. The molecular weight excluding hydrogens is 414 g/mol. The molecule has 0 saturated carbocycles. The molecule has 1 aromatic carbocycles. The van der Waals surface area contributed by atoms with Gasteiger partial charge in [-0.15, -0.1) is 0 Å². The van der Waals surface area contributed by atoms with E-state index in [4.69, 9.17) is 0 Å². The monoisotopic (exact) mass is 449 g/mol. The zero-order valence-electron chi connectivity index (χ0n) is 20.2. The Morgan fingerprint density at radius 1 is 1.03 bits per heavy atom. The number of aromatic nitrogens is 1. The molecule has 5 rings (SSSR count). The molecule has 4 heterocycles. The number of piperazine rings is 1. The number of hydrogen-bond acceptors (Lipinski definition) is 4. The molecule has 1 spiro atoms. The van der Waals surface area contributed by atoms with Crippen molar-refractivity contribution in [2.24, 2.45) is 7.05 Å². The highest BCUT2D eigenvalue weighted by Gasteiger charge is 2.61. The molecule has 0 N–H and O–H groups in total. The van der Waals surface area contributed by atoms with Crippen molar-refractivity contribution in [3.8, 4) is 0 Å². The minimum Gasteiger partial charge on any atom is -0.353 e. The molecular formula is C26H35N5O2. The van der Waals surface area contributed by atoms with Gasteiger partial charge in [-0.05, 0) is 44.7 Å². The normalized spacial score (nSPS) is 23.2. The van der Waals surface area contributed by atoms with E-state index in [-0.39, 0.29) is 23.8 Å². The topological polar surface area (TPSA) is 52.0 Å². The average molecular weight is 450 g/mol. The van der Waals surface area contributed by atoms with Gasteiger partial charge in [0, 0.05) is 76.4 Å². The summed E-state index contributed by atoms with van der Waals surface area (Å²) in [5.74, 6) is -0.101. The minimum absolute atomic E-state index is 0.0193. The molecule has 0 bridgehead atoms. The highest BCUT2D eigenvalue weighted by atomic mass is 16.2. The number of carbonyl (C=O) groups excluding carboxylic acids is 2. The van der Waals surface area contributed by atoms with Crippen LogP contribution < -0.4 is 0 Å². The van der Waals surface area contributed by atoms with Gasteiger partial charge in [-0.2, -0.15) is 0 Å². The van der Waals surface area contributed by atoms with Crippen LogP contribution in [-0.2, 0) is 18.4 Å². The lowest BCUT2D eigenvalue weighted by Gasteiger charge is -2.62. The fraction of sp³-hybridized carbons (Fsp3) is 0.538. The Bertz CT molecular complexity index is 1050. The van der Waals surface area contributed by atoms with E-state index in [2.05, 4.69) is 60.6 Å². The third kappa shape index (κ3) is 3.58. The number of benzene rings is 1. The molecule has 1 unspecified atom stereocenters. The van der Waals surface area contributed by atoms with Crippen LogP contribution in [0.25, 0.3) is 0 Å². The number of amides is 2. The first-order valence-corrected chi connectivity index (χ1v) is 12.0. The van der Waals surface area contributed by atoms with Crippen molar-refractivity contribution in [1.82, 2.24) is 24.2 Å². The van der Waals surface area contributed by atoms with Gasteiger partial charge in [0.15, 0.2) is 0 Å². The van der Waals surface area contributed by atoms with Crippen molar-refractivity contribution in [2.75, 3.05) is 46.3 Å². The van der Waals surface area contributed by atoms with Crippen molar-refractivity contribution >= 4 is 11.8 Å². The van der Waals surface area contributed by atoms with Gasteiger partial charge in [0.25, 0.3) is 5.91 Å². The first-order chi connectivity index (χ1) is 15.8. The Balaban J connectivity index is 1.52. The van der Waals surface area contributed by atoms with E-state index >= 15 is 0 Å². The second-order valence-corrected chi connectivity index (χ2v) is 10.3. The predicted octanol–water partition coefficient (Wildman–Crippen LogP) is 2.00. The maximum atomic E-state index is 14.1. The Kier molecular flexibility index (Phi) is 5.57. The Labute approximate surface area is 196 Å². The van der Waals surface area contributed by atoms with Crippen molar-refractivity contribution in [3.63, 3.8) is 0 Å². The molecule has 2 aromatic rings. The first-order valence-electron chi connectivity index (χ1n) is 12.0. The van der Waals surface area contributed by atoms with Crippen molar-refractivity contribution in [3.05, 3.63) is 59.4 Å². The van der Waals surface area contributed by atoms with Crippen molar-refractivity contribution < 1.29 is 9.59 Å². The molecule has 1 atom stereocenters. The van der Waals surface area contributed by atoms with E-state index in [0.717, 1.165) is 38.3 Å². The molecule has 0 radical (unpaired) electrons. The zero-order valence-corrected chi connectivity index (χ0v) is 20.2. The summed E-state index contributed by atoms with van der Waals surface area (Å²) >= 11 is 0. The lowest BCUT2D eigenvalue weighted by Crippen LogP contribution is -2.77. The largest absolute Gasteiger partial charge is 0.353 e. The summed E-state index contributed by atoms with van der Waals surface area (Å²) in [5.41, 5.74) is 2.32.